The lowest BCUT2D eigenvalue weighted by atomic mass is 9.94. The second kappa shape index (κ2) is 8.68. The fourth-order valence-electron chi connectivity index (χ4n) is 3.61. The maximum atomic E-state index is 12.9. The van der Waals surface area contributed by atoms with Gasteiger partial charge in [0.05, 0.1) is 0 Å². The van der Waals surface area contributed by atoms with Crippen LogP contribution in [0, 0.1) is 5.92 Å². The molecule has 1 saturated heterocycles. The number of aryl methyl sites for hydroxylation is 1. The topological polar surface area (TPSA) is 20.3 Å². The summed E-state index contributed by atoms with van der Waals surface area (Å²) < 4.78 is 0. The number of carbonyl (C=O) groups is 1. The van der Waals surface area contributed by atoms with E-state index >= 15 is 0 Å². The van der Waals surface area contributed by atoms with E-state index in [1.807, 2.05) is 6.07 Å². The van der Waals surface area contributed by atoms with Crippen molar-refractivity contribution in [3.63, 3.8) is 0 Å². The average molecular weight is 321 g/mol. The van der Waals surface area contributed by atoms with Crippen LogP contribution in [0.3, 0.4) is 0 Å². The molecule has 2 heteroatoms. The highest BCUT2D eigenvalue weighted by molar-refractivity contribution is 5.79. The van der Waals surface area contributed by atoms with Crippen LogP contribution in [0.5, 0.6) is 0 Å². The standard InChI is InChI=1S/C22H27NO/c24-22-21(16-9-14-19-10-3-1-4-11-19)15-7-8-17-23(22)18-20-12-5-2-6-13-20/h1-6,10-13,21H,7-9,14-18H2. The first-order valence-corrected chi connectivity index (χ1v) is 9.19. The Labute approximate surface area is 145 Å². The number of likely N-dealkylation sites (tertiary alicyclic amines) is 1. The highest BCUT2D eigenvalue weighted by atomic mass is 16.2. The molecule has 2 nitrogen and oxygen atoms in total. The minimum atomic E-state index is 0.208. The number of nitrogens with zero attached hydrogens (tertiary/aromatic N) is 1. The molecule has 1 aliphatic heterocycles. The van der Waals surface area contributed by atoms with E-state index in [0.717, 1.165) is 45.2 Å². The number of benzene rings is 2. The minimum absolute atomic E-state index is 0.208. The average Bonchev–Trinajstić information content (AvgIpc) is 2.80. The quantitative estimate of drug-likeness (QED) is 0.745. The minimum Gasteiger partial charge on any atom is -0.338 e. The molecule has 0 aromatic heterocycles. The van der Waals surface area contributed by atoms with Gasteiger partial charge in [0, 0.05) is 19.0 Å². The molecular weight excluding hydrogens is 294 g/mol. The van der Waals surface area contributed by atoms with Gasteiger partial charge >= 0.3 is 0 Å². The van der Waals surface area contributed by atoms with Gasteiger partial charge in [0.15, 0.2) is 0 Å². The Morgan fingerprint density at radius 2 is 1.54 bits per heavy atom. The van der Waals surface area contributed by atoms with Crippen LogP contribution < -0.4 is 0 Å². The van der Waals surface area contributed by atoms with Gasteiger partial charge in [-0.3, -0.25) is 4.79 Å². The monoisotopic (exact) mass is 321 g/mol. The Bertz CT molecular complexity index is 623. The predicted octanol–water partition coefficient (Wildman–Crippen LogP) is 4.84. The third-order valence-electron chi connectivity index (χ3n) is 4.97. The molecule has 0 radical (unpaired) electrons. The zero-order chi connectivity index (χ0) is 16.6. The van der Waals surface area contributed by atoms with E-state index in [9.17, 15) is 4.79 Å². The van der Waals surface area contributed by atoms with E-state index in [0.29, 0.717) is 5.91 Å². The molecule has 3 rings (SSSR count). The fraction of sp³-hybridized carbons (Fsp3) is 0.409. The van der Waals surface area contributed by atoms with Gasteiger partial charge in [0.2, 0.25) is 5.91 Å². The second-order valence-corrected chi connectivity index (χ2v) is 6.82. The molecule has 1 fully saturated rings. The lowest BCUT2D eigenvalue weighted by molar-refractivity contribution is -0.135. The highest BCUT2D eigenvalue weighted by Crippen LogP contribution is 2.24. The van der Waals surface area contributed by atoms with Crippen molar-refractivity contribution in [2.24, 2.45) is 5.92 Å². The van der Waals surface area contributed by atoms with E-state index in [1.165, 1.54) is 17.5 Å². The van der Waals surface area contributed by atoms with Gasteiger partial charge in [-0.05, 0) is 43.2 Å². The lowest BCUT2D eigenvalue weighted by Gasteiger charge is -2.24. The maximum absolute atomic E-state index is 12.9. The molecule has 0 saturated carbocycles. The largest absolute Gasteiger partial charge is 0.338 e. The molecule has 1 aliphatic rings. The summed E-state index contributed by atoms with van der Waals surface area (Å²) in [7, 11) is 0. The van der Waals surface area contributed by atoms with Crippen LogP contribution >= 0.6 is 0 Å². The first kappa shape index (κ1) is 16.8. The van der Waals surface area contributed by atoms with Crippen LogP contribution in [0.1, 0.15) is 43.2 Å². The van der Waals surface area contributed by atoms with Crippen LogP contribution in [-0.4, -0.2) is 17.4 Å². The van der Waals surface area contributed by atoms with Crippen molar-refractivity contribution < 1.29 is 4.79 Å². The van der Waals surface area contributed by atoms with E-state index in [1.54, 1.807) is 0 Å². The van der Waals surface area contributed by atoms with Crippen molar-refractivity contribution in [2.75, 3.05) is 6.54 Å². The molecule has 2 aromatic rings. The Morgan fingerprint density at radius 3 is 2.25 bits per heavy atom. The third kappa shape index (κ3) is 4.70. The fourth-order valence-corrected chi connectivity index (χ4v) is 3.61. The van der Waals surface area contributed by atoms with Crippen LogP contribution in [0.25, 0.3) is 0 Å². The summed E-state index contributed by atoms with van der Waals surface area (Å²) in [5.41, 5.74) is 2.61. The maximum Gasteiger partial charge on any atom is 0.225 e. The van der Waals surface area contributed by atoms with Crippen molar-refractivity contribution >= 4 is 5.91 Å². The van der Waals surface area contributed by atoms with Crippen molar-refractivity contribution in [3.8, 4) is 0 Å². The predicted molar refractivity (Wildman–Crippen MR) is 98.6 cm³/mol. The van der Waals surface area contributed by atoms with Crippen LogP contribution in [0.2, 0.25) is 0 Å². The molecule has 1 heterocycles. The summed E-state index contributed by atoms with van der Waals surface area (Å²) in [5, 5.41) is 0. The molecule has 0 bridgehead atoms. The van der Waals surface area contributed by atoms with Crippen molar-refractivity contribution in [3.05, 3.63) is 71.8 Å². The third-order valence-corrected chi connectivity index (χ3v) is 4.97. The lowest BCUT2D eigenvalue weighted by Crippen LogP contribution is -2.34. The van der Waals surface area contributed by atoms with Crippen molar-refractivity contribution in [2.45, 2.75) is 45.1 Å². The Balaban J connectivity index is 1.55. The summed E-state index contributed by atoms with van der Waals surface area (Å²) >= 11 is 0. The number of hydrogen-bond acceptors (Lipinski definition) is 1. The zero-order valence-electron chi connectivity index (χ0n) is 14.4. The number of amides is 1. The van der Waals surface area contributed by atoms with E-state index in [4.69, 9.17) is 0 Å². The molecule has 1 atom stereocenters. The SMILES string of the molecule is O=C1C(CCCc2ccccc2)CCCCN1Cc1ccccc1. The first-order chi connectivity index (χ1) is 11.8. The second-order valence-electron chi connectivity index (χ2n) is 6.82. The Morgan fingerprint density at radius 1 is 0.875 bits per heavy atom. The molecule has 0 spiro atoms. The van der Waals surface area contributed by atoms with Gasteiger partial charge < -0.3 is 4.90 Å². The summed E-state index contributed by atoms with van der Waals surface area (Å²) in [6.07, 6.45) is 6.54. The summed E-state index contributed by atoms with van der Waals surface area (Å²) in [6, 6.07) is 20.9. The zero-order valence-corrected chi connectivity index (χ0v) is 14.4. The van der Waals surface area contributed by atoms with Crippen LogP contribution in [0.15, 0.2) is 60.7 Å². The Kier molecular flexibility index (Phi) is 6.06. The summed E-state index contributed by atoms with van der Waals surface area (Å²) in [5.74, 6) is 0.573. The highest BCUT2D eigenvalue weighted by Gasteiger charge is 2.26. The van der Waals surface area contributed by atoms with E-state index in [-0.39, 0.29) is 5.92 Å². The molecule has 2 aromatic carbocycles. The van der Waals surface area contributed by atoms with Gasteiger partial charge in [0.1, 0.15) is 0 Å². The van der Waals surface area contributed by atoms with Gasteiger partial charge in [-0.1, -0.05) is 67.1 Å². The number of hydrogen-bond donors (Lipinski definition) is 0. The van der Waals surface area contributed by atoms with E-state index in [2.05, 4.69) is 59.5 Å². The summed E-state index contributed by atoms with van der Waals surface area (Å²) in [4.78, 5) is 15.0. The molecule has 126 valence electrons. The molecule has 1 unspecified atom stereocenters. The van der Waals surface area contributed by atoms with Gasteiger partial charge in [-0.25, -0.2) is 0 Å². The normalized spacial score (nSPS) is 18.4. The van der Waals surface area contributed by atoms with E-state index < -0.39 is 0 Å². The molecular formula is C22H27NO. The van der Waals surface area contributed by atoms with Gasteiger partial charge in [0.25, 0.3) is 0 Å². The number of carbonyl (C=O) groups excluding carboxylic acids is 1. The van der Waals surface area contributed by atoms with Crippen molar-refractivity contribution in [1.82, 2.24) is 4.90 Å². The number of rotatable bonds is 6. The molecule has 24 heavy (non-hydrogen) atoms. The summed E-state index contributed by atoms with van der Waals surface area (Å²) in [6.45, 7) is 1.66. The molecule has 1 amide bonds. The van der Waals surface area contributed by atoms with Crippen LogP contribution in [-0.2, 0) is 17.8 Å². The van der Waals surface area contributed by atoms with Gasteiger partial charge in [-0.15, -0.1) is 0 Å². The Hall–Kier alpha value is -2.09. The molecule has 0 N–H and O–H groups in total. The molecule has 0 aliphatic carbocycles. The first-order valence-electron chi connectivity index (χ1n) is 9.19. The van der Waals surface area contributed by atoms with Crippen molar-refractivity contribution in [1.29, 1.82) is 0 Å². The van der Waals surface area contributed by atoms with Gasteiger partial charge in [-0.2, -0.15) is 0 Å². The smallest absolute Gasteiger partial charge is 0.225 e. The van der Waals surface area contributed by atoms with Crippen LogP contribution in [0.4, 0.5) is 0 Å².